The Balaban J connectivity index is 2.05. The minimum atomic E-state index is -4.36. The molecule has 5 heteroatoms. The van der Waals surface area contributed by atoms with Crippen LogP contribution in [0, 0.1) is 0 Å². The Morgan fingerprint density at radius 2 is 1.68 bits per heavy atom. The highest BCUT2D eigenvalue weighted by Gasteiger charge is 2.30. The van der Waals surface area contributed by atoms with E-state index in [1.165, 1.54) is 12.1 Å². The number of anilines is 1. The summed E-state index contributed by atoms with van der Waals surface area (Å²) in [5.41, 5.74) is 6.28. The molecule has 0 saturated carbocycles. The number of benzene rings is 2. The Bertz CT molecular complexity index is 549. The molecule has 0 aromatic heterocycles. The first-order chi connectivity index (χ1) is 8.95. The van der Waals surface area contributed by atoms with E-state index < -0.39 is 11.7 Å². The number of ether oxygens (including phenoxy) is 1. The largest absolute Gasteiger partial charge is 0.489 e. The number of hydrogen-bond acceptors (Lipinski definition) is 2. The average Bonchev–Trinajstić information content (AvgIpc) is 2.37. The van der Waals surface area contributed by atoms with Crippen molar-refractivity contribution >= 4 is 5.69 Å². The monoisotopic (exact) mass is 267 g/mol. The molecule has 0 aliphatic carbocycles. The number of alkyl halides is 3. The van der Waals surface area contributed by atoms with E-state index in [0.717, 1.165) is 17.7 Å². The maximum atomic E-state index is 12.5. The van der Waals surface area contributed by atoms with Gasteiger partial charge in [-0.1, -0.05) is 18.2 Å². The average molecular weight is 267 g/mol. The highest BCUT2D eigenvalue weighted by Crippen LogP contribution is 2.31. The van der Waals surface area contributed by atoms with Gasteiger partial charge in [0.2, 0.25) is 0 Å². The lowest BCUT2D eigenvalue weighted by molar-refractivity contribution is -0.137. The molecular weight excluding hydrogens is 255 g/mol. The summed E-state index contributed by atoms with van der Waals surface area (Å²) in [6.07, 6.45) is -4.36. The molecule has 0 saturated heterocycles. The smallest absolute Gasteiger partial charge is 0.416 e. The molecule has 0 spiro atoms. The van der Waals surface area contributed by atoms with Gasteiger partial charge in [-0.2, -0.15) is 13.2 Å². The third-order valence-electron chi connectivity index (χ3n) is 2.55. The second-order valence-corrected chi connectivity index (χ2v) is 4.06. The number of halogens is 3. The maximum absolute atomic E-state index is 12.5. The SMILES string of the molecule is Nc1ccc(COc2cccc(C(F)(F)F)c2)cc1. The minimum absolute atomic E-state index is 0.187. The summed E-state index contributed by atoms with van der Waals surface area (Å²) in [7, 11) is 0. The summed E-state index contributed by atoms with van der Waals surface area (Å²) in [6, 6.07) is 11.8. The fourth-order valence-corrected chi connectivity index (χ4v) is 1.54. The van der Waals surface area contributed by atoms with Crippen molar-refractivity contribution in [2.24, 2.45) is 0 Å². The number of hydrogen-bond donors (Lipinski definition) is 1. The van der Waals surface area contributed by atoms with Crippen molar-refractivity contribution in [3.63, 3.8) is 0 Å². The predicted octanol–water partition coefficient (Wildman–Crippen LogP) is 3.87. The van der Waals surface area contributed by atoms with Gasteiger partial charge in [-0.05, 0) is 35.9 Å². The molecule has 0 atom stereocenters. The number of rotatable bonds is 3. The van der Waals surface area contributed by atoms with Gasteiger partial charge in [-0.3, -0.25) is 0 Å². The lowest BCUT2D eigenvalue weighted by Crippen LogP contribution is -2.05. The minimum Gasteiger partial charge on any atom is -0.489 e. The molecule has 2 rings (SSSR count). The van der Waals surface area contributed by atoms with Crippen molar-refractivity contribution in [2.45, 2.75) is 12.8 Å². The van der Waals surface area contributed by atoms with Crippen molar-refractivity contribution in [3.8, 4) is 5.75 Å². The topological polar surface area (TPSA) is 35.2 Å². The highest BCUT2D eigenvalue weighted by molar-refractivity contribution is 5.39. The summed E-state index contributed by atoms with van der Waals surface area (Å²) >= 11 is 0. The lowest BCUT2D eigenvalue weighted by Gasteiger charge is -2.10. The Labute approximate surface area is 108 Å². The Morgan fingerprint density at radius 1 is 1.00 bits per heavy atom. The fraction of sp³-hybridized carbons (Fsp3) is 0.143. The zero-order valence-corrected chi connectivity index (χ0v) is 9.95. The summed E-state index contributed by atoms with van der Waals surface area (Å²) in [5, 5.41) is 0. The Morgan fingerprint density at radius 3 is 2.32 bits per heavy atom. The summed E-state index contributed by atoms with van der Waals surface area (Å²) < 4.78 is 42.8. The highest BCUT2D eigenvalue weighted by atomic mass is 19.4. The van der Waals surface area contributed by atoms with Gasteiger partial charge in [-0.15, -0.1) is 0 Å². The van der Waals surface area contributed by atoms with Gasteiger partial charge >= 0.3 is 6.18 Å². The quantitative estimate of drug-likeness (QED) is 0.857. The van der Waals surface area contributed by atoms with E-state index in [-0.39, 0.29) is 12.4 Å². The van der Waals surface area contributed by atoms with Gasteiger partial charge in [0.1, 0.15) is 12.4 Å². The second kappa shape index (κ2) is 5.22. The van der Waals surface area contributed by atoms with Crippen molar-refractivity contribution in [1.29, 1.82) is 0 Å². The molecule has 0 fully saturated rings. The second-order valence-electron chi connectivity index (χ2n) is 4.06. The first-order valence-corrected chi connectivity index (χ1v) is 5.59. The van der Waals surface area contributed by atoms with Crippen LogP contribution in [-0.4, -0.2) is 0 Å². The van der Waals surface area contributed by atoms with Crippen LogP contribution in [-0.2, 0) is 12.8 Å². The van der Waals surface area contributed by atoms with Gasteiger partial charge < -0.3 is 10.5 Å². The molecule has 0 aliphatic heterocycles. The molecule has 0 amide bonds. The van der Waals surface area contributed by atoms with Crippen LogP contribution in [0.1, 0.15) is 11.1 Å². The van der Waals surface area contributed by atoms with Crippen LogP contribution < -0.4 is 10.5 Å². The third kappa shape index (κ3) is 3.64. The first kappa shape index (κ1) is 13.3. The number of nitrogen functional groups attached to an aromatic ring is 1. The molecule has 0 heterocycles. The van der Waals surface area contributed by atoms with Gasteiger partial charge in [0.25, 0.3) is 0 Å². The molecular formula is C14H12F3NO. The summed E-state index contributed by atoms with van der Waals surface area (Å²) in [6.45, 7) is 0.196. The van der Waals surface area contributed by atoms with E-state index in [9.17, 15) is 13.2 Å². The van der Waals surface area contributed by atoms with Crippen LogP contribution >= 0.6 is 0 Å². The van der Waals surface area contributed by atoms with Crippen molar-refractivity contribution in [2.75, 3.05) is 5.73 Å². The van der Waals surface area contributed by atoms with Crippen LogP contribution in [0.15, 0.2) is 48.5 Å². The van der Waals surface area contributed by atoms with Gasteiger partial charge in [0.05, 0.1) is 5.56 Å². The normalized spacial score (nSPS) is 11.3. The lowest BCUT2D eigenvalue weighted by atomic mass is 10.2. The molecule has 19 heavy (non-hydrogen) atoms. The third-order valence-corrected chi connectivity index (χ3v) is 2.55. The van der Waals surface area contributed by atoms with Crippen LogP contribution in [0.2, 0.25) is 0 Å². The molecule has 0 bridgehead atoms. The maximum Gasteiger partial charge on any atom is 0.416 e. The Hall–Kier alpha value is -2.17. The van der Waals surface area contributed by atoms with Crippen molar-refractivity contribution in [3.05, 3.63) is 59.7 Å². The van der Waals surface area contributed by atoms with E-state index in [0.29, 0.717) is 5.69 Å². The van der Waals surface area contributed by atoms with Crippen LogP contribution in [0.5, 0.6) is 5.75 Å². The molecule has 2 nitrogen and oxygen atoms in total. The van der Waals surface area contributed by atoms with Crippen LogP contribution in [0.4, 0.5) is 18.9 Å². The van der Waals surface area contributed by atoms with Crippen molar-refractivity contribution in [1.82, 2.24) is 0 Å². The molecule has 2 aromatic carbocycles. The van der Waals surface area contributed by atoms with E-state index in [1.807, 2.05) is 0 Å². The molecule has 0 aliphatic rings. The van der Waals surface area contributed by atoms with Crippen LogP contribution in [0.25, 0.3) is 0 Å². The molecule has 2 N–H and O–H groups in total. The van der Waals surface area contributed by atoms with Gasteiger partial charge in [-0.25, -0.2) is 0 Å². The van der Waals surface area contributed by atoms with E-state index >= 15 is 0 Å². The zero-order valence-electron chi connectivity index (χ0n) is 9.95. The fourth-order valence-electron chi connectivity index (χ4n) is 1.54. The molecule has 0 unspecified atom stereocenters. The van der Waals surface area contributed by atoms with E-state index in [4.69, 9.17) is 10.5 Å². The Kier molecular flexibility index (Phi) is 3.64. The molecule has 0 radical (unpaired) electrons. The summed E-state index contributed by atoms with van der Waals surface area (Å²) in [4.78, 5) is 0. The standard InChI is InChI=1S/C14H12F3NO/c15-14(16,17)11-2-1-3-13(8-11)19-9-10-4-6-12(18)7-5-10/h1-8H,9,18H2. The first-order valence-electron chi connectivity index (χ1n) is 5.59. The van der Waals surface area contributed by atoms with E-state index in [1.54, 1.807) is 24.3 Å². The number of nitrogens with two attached hydrogens (primary N) is 1. The van der Waals surface area contributed by atoms with E-state index in [2.05, 4.69) is 0 Å². The summed E-state index contributed by atoms with van der Waals surface area (Å²) in [5.74, 6) is 0.187. The van der Waals surface area contributed by atoms with Gasteiger partial charge in [0.15, 0.2) is 0 Å². The van der Waals surface area contributed by atoms with Crippen LogP contribution in [0.3, 0.4) is 0 Å². The molecule has 2 aromatic rings. The van der Waals surface area contributed by atoms with Gasteiger partial charge in [0, 0.05) is 5.69 Å². The predicted molar refractivity (Wildman–Crippen MR) is 66.6 cm³/mol. The molecule has 100 valence electrons. The zero-order chi connectivity index (χ0) is 13.9. The van der Waals surface area contributed by atoms with Crippen molar-refractivity contribution < 1.29 is 17.9 Å².